The Hall–Kier alpha value is -0.190. The Labute approximate surface area is 154 Å². The van der Waals surface area contributed by atoms with Crippen LogP contribution < -0.4 is 29.6 Å². The van der Waals surface area contributed by atoms with E-state index in [1.54, 1.807) is 0 Å². The molecule has 22 heavy (non-hydrogen) atoms. The molecule has 0 aliphatic rings. The van der Waals surface area contributed by atoms with Crippen molar-refractivity contribution in [3.63, 3.8) is 0 Å². The van der Waals surface area contributed by atoms with E-state index in [9.17, 15) is 18.0 Å². The van der Waals surface area contributed by atoms with Gasteiger partial charge in [0.15, 0.2) is 11.5 Å². The number of hydrogen-bond acceptors (Lipinski definition) is 6. The third kappa shape index (κ3) is 11.4. The van der Waals surface area contributed by atoms with Crippen LogP contribution in [0.15, 0.2) is 0 Å². The third-order valence-electron chi connectivity index (χ3n) is 2.62. The summed E-state index contributed by atoms with van der Waals surface area (Å²) >= 11 is 0. The van der Waals surface area contributed by atoms with Gasteiger partial charge in [-0.05, 0) is 13.3 Å². The molecule has 0 spiro atoms. The molecule has 0 rings (SSSR count). The van der Waals surface area contributed by atoms with Gasteiger partial charge in [-0.1, -0.05) is 26.2 Å². The average Bonchev–Trinajstić information content (AvgIpc) is 2.34. The van der Waals surface area contributed by atoms with E-state index >= 15 is 0 Å². The fourth-order valence-corrected chi connectivity index (χ4v) is 2.17. The van der Waals surface area contributed by atoms with Crippen LogP contribution in [0, 0.1) is 0 Å². The Balaban J connectivity index is -0.00000200. The normalized spacial score (nSPS) is 13.8. The van der Waals surface area contributed by atoms with E-state index in [0.717, 1.165) is 25.7 Å². The number of carbonyl (C=O) groups is 2. The SMILES string of the molecule is CCCCCCOC(C)OC(=O)C(CC(=O)O)S(=O)(=O)O.[H-].[Na+]. The molecule has 2 N–H and O–H groups in total. The minimum Gasteiger partial charge on any atom is -1.00 e. The molecule has 0 saturated carbocycles. The van der Waals surface area contributed by atoms with Crippen molar-refractivity contribution in [2.45, 2.75) is 57.5 Å². The topological polar surface area (TPSA) is 127 Å². The first-order chi connectivity index (χ1) is 9.68. The Morgan fingerprint density at radius 1 is 1.23 bits per heavy atom. The van der Waals surface area contributed by atoms with Crippen LogP contribution in [0.1, 0.15) is 47.4 Å². The Kier molecular flexibility index (Phi) is 13.4. The van der Waals surface area contributed by atoms with E-state index in [1.807, 2.05) is 0 Å². The molecule has 0 aromatic rings. The molecule has 2 unspecified atom stereocenters. The molecule has 0 saturated heterocycles. The van der Waals surface area contributed by atoms with Gasteiger partial charge in [0.05, 0.1) is 13.0 Å². The van der Waals surface area contributed by atoms with Crippen molar-refractivity contribution >= 4 is 22.1 Å². The van der Waals surface area contributed by atoms with Crippen molar-refractivity contribution in [2.75, 3.05) is 6.61 Å². The largest absolute Gasteiger partial charge is 1.00 e. The summed E-state index contributed by atoms with van der Waals surface area (Å²) in [6.07, 6.45) is 1.77. The summed E-state index contributed by atoms with van der Waals surface area (Å²) in [5.74, 6) is -2.89. The maximum atomic E-state index is 11.6. The molecule has 0 fully saturated rings. The summed E-state index contributed by atoms with van der Waals surface area (Å²) in [6, 6.07) is 0. The molecule has 0 aliphatic carbocycles. The van der Waals surface area contributed by atoms with Gasteiger partial charge in [-0.2, -0.15) is 8.42 Å². The third-order valence-corrected chi connectivity index (χ3v) is 3.69. The van der Waals surface area contributed by atoms with Crippen LogP contribution in [0.5, 0.6) is 0 Å². The van der Waals surface area contributed by atoms with Gasteiger partial charge in [0.1, 0.15) is 0 Å². The van der Waals surface area contributed by atoms with Crippen molar-refractivity contribution in [3.8, 4) is 0 Å². The van der Waals surface area contributed by atoms with Crippen molar-refractivity contribution in [1.82, 2.24) is 0 Å². The number of carboxylic acids is 1. The number of rotatable bonds is 11. The molecule has 2 atom stereocenters. The van der Waals surface area contributed by atoms with Gasteiger partial charge in [-0.3, -0.25) is 14.1 Å². The van der Waals surface area contributed by atoms with Crippen LogP contribution in [0.4, 0.5) is 0 Å². The van der Waals surface area contributed by atoms with Crippen molar-refractivity contribution in [2.24, 2.45) is 0 Å². The predicted octanol–water partition coefficient (Wildman–Crippen LogP) is -1.68. The molecule has 0 radical (unpaired) electrons. The number of aliphatic carboxylic acids is 1. The van der Waals surface area contributed by atoms with Crippen LogP contribution in [0.3, 0.4) is 0 Å². The minimum absolute atomic E-state index is 0. The smallest absolute Gasteiger partial charge is 1.00 e. The number of carboxylic acid groups (broad SMARTS) is 1. The summed E-state index contributed by atoms with van der Waals surface area (Å²) in [5.41, 5.74) is 0. The van der Waals surface area contributed by atoms with E-state index in [1.165, 1.54) is 6.92 Å². The monoisotopic (exact) mass is 350 g/mol. The summed E-state index contributed by atoms with van der Waals surface area (Å²) < 4.78 is 40.6. The van der Waals surface area contributed by atoms with E-state index in [2.05, 4.69) is 11.7 Å². The Morgan fingerprint density at radius 2 is 1.82 bits per heavy atom. The van der Waals surface area contributed by atoms with Crippen LogP contribution in [-0.4, -0.2) is 48.2 Å². The van der Waals surface area contributed by atoms with E-state index < -0.39 is 40.0 Å². The Morgan fingerprint density at radius 3 is 2.27 bits per heavy atom. The molecule has 0 aliphatic heterocycles. The van der Waals surface area contributed by atoms with Crippen molar-refractivity contribution in [1.29, 1.82) is 0 Å². The first-order valence-electron chi connectivity index (χ1n) is 6.68. The van der Waals surface area contributed by atoms with Crippen LogP contribution >= 0.6 is 0 Å². The van der Waals surface area contributed by atoms with E-state index in [-0.39, 0.29) is 31.0 Å². The standard InChI is InChI=1S/C12H22O8S.Na.H/c1-3-4-5-6-7-19-9(2)20-12(15)10(8-11(13)14)21(16,17)18;;/h9-10H,3-8H2,1-2H3,(H,13,14)(H,16,17,18);;/q;+1;-1. The quantitative estimate of drug-likeness (QED) is 0.149. The number of ether oxygens (including phenoxy) is 2. The second-order valence-corrected chi connectivity index (χ2v) is 6.14. The van der Waals surface area contributed by atoms with Gasteiger partial charge in [-0.15, -0.1) is 0 Å². The molecule has 0 heterocycles. The van der Waals surface area contributed by atoms with Gasteiger partial charge in [0, 0.05) is 0 Å². The predicted molar refractivity (Wildman–Crippen MR) is 74.3 cm³/mol. The van der Waals surface area contributed by atoms with E-state index in [4.69, 9.17) is 14.4 Å². The average molecular weight is 350 g/mol. The first kappa shape index (κ1) is 24.1. The number of carbonyl (C=O) groups excluding carboxylic acids is 1. The van der Waals surface area contributed by atoms with Gasteiger partial charge in [0.25, 0.3) is 10.1 Å². The molecule has 126 valence electrons. The maximum Gasteiger partial charge on any atom is 1.00 e. The number of hydrogen-bond donors (Lipinski definition) is 2. The molecule has 0 bridgehead atoms. The zero-order chi connectivity index (χ0) is 16.5. The van der Waals surface area contributed by atoms with Gasteiger partial charge < -0.3 is 16.0 Å². The van der Waals surface area contributed by atoms with Gasteiger partial charge >= 0.3 is 41.5 Å². The summed E-state index contributed by atoms with van der Waals surface area (Å²) in [5, 5.41) is 6.39. The molecule has 0 aromatic carbocycles. The molecular formula is C12H23NaO8S. The number of unbranched alkanes of at least 4 members (excludes halogenated alkanes) is 3. The molecule has 10 heteroatoms. The van der Waals surface area contributed by atoms with Crippen LogP contribution in [-0.2, 0) is 29.2 Å². The second kappa shape index (κ2) is 12.3. The fraction of sp³-hybridized carbons (Fsp3) is 0.833. The van der Waals surface area contributed by atoms with Crippen molar-refractivity contribution in [3.05, 3.63) is 0 Å². The fourth-order valence-electron chi connectivity index (χ4n) is 1.52. The van der Waals surface area contributed by atoms with Crippen LogP contribution in [0.25, 0.3) is 0 Å². The summed E-state index contributed by atoms with van der Waals surface area (Å²) in [6.45, 7) is 3.78. The Bertz CT molecular complexity index is 442. The minimum atomic E-state index is -4.85. The zero-order valence-corrected chi connectivity index (χ0v) is 16.0. The second-order valence-electron chi connectivity index (χ2n) is 4.54. The van der Waals surface area contributed by atoms with Crippen LogP contribution in [0.2, 0.25) is 0 Å². The van der Waals surface area contributed by atoms with Crippen molar-refractivity contribution < 1.29 is 68.1 Å². The van der Waals surface area contributed by atoms with E-state index in [0.29, 0.717) is 6.61 Å². The molecular weight excluding hydrogens is 327 g/mol. The number of esters is 1. The maximum absolute atomic E-state index is 11.6. The molecule has 8 nitrogen and oxygen atoms in total. The van der Waals surface area contributed by atoms with Gasteiger partial charge in [-0.25, -0.2) is 0 Å². The summed E-state index contributed by atoms with van der Waals surface area (Å²) in [4.78, 5) is 22.1. The molecule has 0 aromatic heterocycles. The summed E-state index contributed by atoms with van der Waals surface area (Å²) in [7, 11) is -4.85. The zero-order valence-electron chi connectivity index (χ0n) is 14.1. The van der Waals surface area contributed by atoms with Gasteiger partial charge in [0.2, 0.25) is 0 Å². The first-order valence-corrected chi connectivity index (χ1v) is 8.19. The molecule has 0 amide bonds.